The van der Waals surface area contributed by atoms with E-state index in [0.717, 1.165) is 11.4 Å². The van der Waals surface area contributed by atoms with Crippen LogP contribution in [0.5, 0.6) is 0 Å². The lowest BCUT2D eigenvalue weighted by Crippen LogP contribution is -2.23. The minimum absolute atomic E-state index is 0.0158. The molecule has 0 fully saturated rings. The van der Waals surface area contributed by atoms with Crippen LogP contribution in [0.2, 0.25) is 0 Å². The van der Waals surface area contributed by atoms with Crippen LogP contribution in [0.1, 0.15) is 59.6 Å². The van der Waals surface area contributed by atoms with Crippen molar-refractivity contribution in [2.45, 2.75) is 59.3 Å². The van der Waals surface area contributed by atoms with E-state index in [9.17, 15) is 4.79 Å². The van der Waals surface area contributed by atoms with Crippen LogP contribution in [0, 0.1) is 0 Å². The second kappa shape index (κ2) is 6.43. The molecule has 24 heavy (non-hydrogen) atoms. The monoisotopic (exact) mass is 323 g/mol. The van der Waals surface area contributed by atoms with Crippen LogP contribution in [0.15, 0.2) is 48.5 Å². The van der Waals surface area contributed by atoms with Crippen LogP contribution >= 0.6 is 0 Å². The van der Waals surface area contributed by atoms with Gasteiger partial charge in [-0.1, -0.05) is 65.8 Å². The summed E-state index contributed by atoms with van der Waals surface area (Å²) in [6.07, 6.45) is 0. The van der Waals surface area contributed by atoms with Crippen molar-refractivity contribution in [2.75, 3.05) is 4.90 Å². The Morgan fingerprint density at radius 3 is 1.17 bits per heavy atom. The molecule has 2 heteroatoms. The van der Waals surface area contributed by atoms with Crippen molar-refractivity contribution >= 4 is 17.3 Å². The number of rotatable bonds is 2. The number of nitrogens with zero attached hydrogens (tertiary/aromatic N) is 1. The zero-order valence-corrected chi connectivity index (χ0v) is 16.0. The molecule has 0 atom stereocenters. The van der Waals surface area contributed by atoms with Gasteiger partial charge in [-0.25, -0.2) is 0 Å². The quantitative estimate of drug-likeness (QED) is 0.667. The number of amides is 1. The Labute approximate surface area is 146 Å². The molecule has 2 aromatic rings. The van der Waals surface area contributed by atoms with Crippen molar-refractivity contribution in [1.29, 1.82) is 0 Å². The molecule has 0 N–H and O–H groups in total. The summed E-state index contributed by atoms with van der Waals surface area (Å²) in [5, 5.41) is 0. The maximum absolute atomic E-state index is 12.2. The summed E-state index contributed by atoms with van der Waals surface area (Å²) < 4.78 is 0. The Balaban J connectivity index is 2.38. The topological polar surface area (TPSA) is 20.3 Å². The largest absolute Gasteiger partial charge is 0.281 e. The van der Waals surface area contributed by atoms with Crippen molar-refractivity contribution < 1.29 is 4.79 Å². The number of hydrogen-bond acceptors (Lipinski definition) is 1. The molecule has 0 aliphatic carbocycles. The third kappa shape index (κ3) is 4.05. The van der Waals surface area contributed by atoms with Gasteiger partial charge in [0, 0.05) is 18.3 Å². The Bertz CT molecular complexity index is 640. The van der Waals surface area contributed by atoms with Gasteiger partial charge < -0.3 is 0 Å². The second-order valence-electron chi connectivity index (χ2n) is 8.45. The molecule has 128 valence electrons. The lowest BCUT2D eigenvalue weighted by molar-refractivity contribution is -0.115. The number of hydrogen-bond donors (Lipinski definition) is 0. The first-order valence-corrected chi connectivity index (χ1v) is 8.52. The lowest BCUT2D eigenvalue weighted by Gasteiger charge is -2.25. The average Bonchev–Trinajstić information content (AvgIpc) is 2.46. The van der Waals surface area contributed by atoms with Gasteiger partial charge in [0.05, 0.1) is 0 Å². The summed E-state index contributed by atoms with van der Waals surface area (Å²) in [5.41, 5.74) is 4.54. The molecule has 0 saturated carbocycles. The maximum Gasteiger partial charge on any atom is 0.228 e. The van der Waals surface area contributed by atoms with Crippen LogP contribution in [-0.4, -0.2) is 5.91 Å². The molecule has 1 amide bonds. The average molecular weight is 323 g/mol. The normalized spacial score (nSPS) is 12.1. The summed E-state index contributed by atoms with van der Waals surface area (Å²) >= 11 is 0. The highest BCUT2D eigenvalue weighted by Gasteiger charge is 2.18. The predicted octanol–water partition coefficient (Wildman–Crippen LogP) is 5.97. The van der Waals surface area contributed by atoms with E-state index in [1.165, 1.54) is 11.1 Å². The third-order valence-electron chi connectivity index (χ3n) is 4.30. The van der Waals surface area contributed by atoms with Gasteiger partial charge in [-0.2, -0.15) is 0 Å². The van der Waals surface area contributed by atoms with E-state index in [0.29, 0.717) is 0 Å². The molecule has 0 spiro atoms. The minimum atomic E-state index is 0.0158. The molecule has 0 bridgehead atoms. The van der Waals surface area contributed by atoms with Gasteiger partial charge in [0.2, 0.25) is 5.91 Å². The lowest BCUT2D eigenvalue weighted by atomic mass is 9.87. The van der Waals surface area contributed by atoms with Gasteiger partial charge in [0.25, 0.3) is 0 Å². The first-order chi connectivity index (χ1) is 11.0. The van der Waals surface area contributed by atoms with Crippen molar-refractivity contribution in [2.24, 2.45) is 0 Å². The smallest absolute Gasteiger partial charge is 0.228 e. The Morgan fingerprint density at radius 2 is 0.958 bits per heavy atom. The summed E-state index contributed by atoms with van der Waals surface area (Å²) in [7, 11) is 0. The van der Waals surface area contributed by atoms with Crippen LogP contribution in [-0.2, 0) is 15.6 Å². The van der Waals surface area contributed by atoms with Crippen molar-refractivity contribution in [3.63, 3.8) is 0 Å². The molecule has 0 aromatic heterocycles. The first kappa shape index (κ1) is 18.3. The predicted molar refractivity (Wildman–Crippen MR) is 103 cm³/mol. The fourth-order valence-corrected chi connectivity index (χ4v) is 2.73. The molecule has 2 rings (SSSR count). The highest BCUT2D eigenvalue weighted by molar-refractivity contribution is 5.99. The van der Waals surface area contributed by atoms with Gasteiger partial charge in [-0.05, 0) is 46.2 Å². The fraction of sp³-hybridized carbons (Fsp3) is 0.409. The Morgan fingerprint density at radius 1 is 0.667 bits per heavy atom. The van der Waals surface area contributed by atoms with E-state index in [-0.39, 0.29) is 16.7 Å². The number of benzene rings is 2. The summed E-state index contributed by atoms with van der Waals surface area (Å²) in [6.45, 7) is 14.7. The Kier molecular flexibility index (Phi) is 4.89. The van der Waals surface area contributed by atoms with Crippen LogP contribution < -0.4 is 4.90 Å². The SMILES string of the molecule is CC(=O)N(c1ccc(C(C)(C)C)cc1)c1ccc(C(C)(C)C)cc1. The summed E-state index contributed by atoms with van der Waals surface area (Å²) in [4.78, 5) is 14.0. The number of carbonyl (C=O) groups is 1. The number of anilines is 2. The second-order valence-corrected chi connectivity index (χ2v) is 8.45. The first-order valence-electron chi connectivity index (χ1n) is 8.52. The van der Waals surface area contributed by atoms with E-state index < -0.39 is 0 Å². The molecular formula is C22H29NO. The van der Waals surface area contributed by atoms with Crippen LogP contribution in [0.4, 0.5) is 11.4 Å². The summed E-state index contributed by atoms with van der Waals surface area (Å²) in [6, 6.07) is 16.5. The number of carbonyl (C=O) groups excluding carboxylic acids is 1. The van der Waals surface area contributed by atoms with Gasteiger partial charge in [-0.3, -0.25) is 9.69 Å². The zero-order chi connectivity index (χ0) is 18.1. The summed E-state index contributed by atoms with van der Waals surface area (Å²) in [5.74, 6) is 0.0158. The standard InChI is InChI=1S/C22H29NO/c1-16(24)23(19-12-8-17(9-13-19)21(2,3)4)20-14-10-18(11-15-20)22(5,6)7/h8-15H,1-7H3. The van der Waals surface area contributed by atoms with Gasteiger partial charge in [0.15, 0.2) is 0 Å². The zero-order valence-electron chi connectivity index (χ0n) is 16.0. The molecule has 2 nitrogen and oxygen atoms in total. The third-order valence-corrected chi connectivity index (χ3v) is 4.30. The van der Waals surface area contributed by atoms with Crippen molar-refractivity contribution in [3.8, 4) is 0 Å². The minimum Gasteiger partial charge on any atom is -0.281 e. The van der Waals surface area contributed by atoms with Crippen LogP contribution in [0.3, 0.4) is 0 Å². The molecule has 0 aliphatic heterocycles. The molecule has 0 unspecified atom stereocenters. The van der Waals surface area contributed by atoms with Gasteiger partial charge in [0.1, 0.15) is 0 Å². The van der Waals surface area contributed by atoms with Gasteiger partial charge >= 0.3 is 0 Å². The molecule has 2 aromatic carbocycles. The maximum atomic E-state index is 12.2. The molecular weight excluding hydrogens is 294 g/mol. The van der Waals surface area contributed by atoms with E-state index in [1.807, 2.05) is 24.3 Å². The van der Waals surface area contributed by atoms with E-state index in [2.05, 4.69) is 65.8 Å². The van der Waals surface area contributed by atoms with Crippen molar-refractivity contribution in [1.82, 2.24) is 0 Å². The van der Waals surface area contributed by atoms with Gasteiger partial charge in [-0.15, -0.1) is 0 Å². The fourth-order valence-electron chi connectivity index (χ4n) is 2.73. The van der Waals surface area contributed by atoms with E-state index in [4.69, 9.17) is 0 Å². The van der Waals surface area contributed by atoms with Crippen molar-refractivity contribution in [3.05, 3.63) is 59.7 Å². The molecule has 0 aliphatic rings. The highest BCUT2D eigenvalue weighted by atomic mass is 16.2. The molecule has 0 radical (unpaired) electrons. The van der Waals surface area contributed by atoms with E-state index in [1.54, 1.807) is 11.8 Å². The molecule has 0 saturated heterocycles. The Hall–Kier alpha value is -2.09. The van der Waals surface area contributed by atoms with Crippen LogP contribution in [0.25, 0.3) is 0 Å². The molecule has 0 heterocycles. The van der Waals surface area contributed by atoms with E-state index >= 15 is 0 Å². The highest BCUT2D eigenvalue weighted by Crippen LogP contribution is 2.31.